The second-order valence-electron chi connectivity index (χ2n) is 4.59. The van der Waals surface area contributed by atoms with Crippen molar-refractivity contribution in [1.82, 2.24) is 0 Å². The Kier molecular flexibility index (Phi) is 3.65. The highest BCUT2D eigenvalue weighted by molar-refractivity contribution is 5.96. The average Bonchev–Trinajstić information content (AvgIpc) is 2.38. The third kappa shape index (κ3) is 2.37. The topological polar surface area (TPSA) is 74.6 Å². The molecule has 0 aromatic heterocycles. The number of carbonyl (C=O) groups is 2. The van der Waals surface area contributed by atoms with Crippen molar-refractivity contribution < 1.29 is 19.8 Å². The summed E-state index contributed by atoms with van der Waals surface area (Å²) in [7, 11) is 0. The summed E-state index contributed by atoms with van der Waals surface area (Å²) in [5.74, 6) is -1.90. The van der Waals surface area contributed by atoms with Crippen LogP contribution in [0.1, 0.15) is 38.5 Å². The molecule has 0 unspecified atom stereocenters. The number of hydrogen-bond acceptors (Lipinski definition) is 2. The number of aliphatic carboxylic acids is 2. The second kappa shape index (κ2) is 5.21. The van der Waals surface area contributed by atoms with E-state index < -0.39 is 11.9 Å². The van der Waals surface area contributed by atoms with Crippen LogP contribution in [0.2, 0.25) is 0 Å². The summed E-state index contributed by atoms with van der Waals surface area (Å²) in [4.78, 5) is 22.4. The van der Waals surface area contributed by atoms with Gasteiger partial charge in [-0.3, -0.25) is 0 Å². The van der Waals surface area contributed by atoms with E-state index >= 15 is 0 Å². The van der Waals surface area contributed by atoms with Gasteiger partial charge in [-0.2, -0.15) is 0 Å². The van der Waals surface area contributed by atoms with E-state index in [-0.39, 0.29) is 0 Å². The summed E-state index contributed by atoms with van der Waals surface area (Å²) in [5, 5.41) is 18.4. The Morgan fingerprint density at radius 3 is 1.56 bits per heavy atom. The molecule has 2 aliphatic rings. The van der Waals surface area contributed by atoms with Crippen LogP contribution in [0.4, 0.5) is 0 Å². The van der Waals surface area contributed by atoms with Crippen molar-refractivity contribution in [2.45, 2.75) is 38.5 Å². The van der Waals surface area contributed by atoms with E-state index in [1.807, 2.05) is 0 Å². The molecule has 4 heteroatoms. The molecule has 0 fully saturated rings. The molecular formula is C14H16O4. The van der Waals surface area contributed by atoms with E-state index in [0.717, 1.165) is 36.8 Å². The van der Waals surface area contributed by atoms with Crippen molar-refractivity contribution in [2.75, 3.05) is 0 Å². The smallest absolute Gasteiger partial charge is 0.335 e. The Morgan fingerprint density at radius 2 is 1.22 bits per heavy atom. The Labute approximate surface area is 105 Å². The third-order valence-corrected chi connectivity index (χ3v) is 3.43. The molecule has 96 valence electrons. The summed E-state index contributed by atoms with van der Waals surface area (Å²) in [6.45, 7) is 0. The lowest BCUT2D eigenvalue weighted by atomic mass is 9.82. The highest BCUT2D eigenvalue weighted by Gasteiger charge is 2.25. The molecule has 0 heterocycles. The molecule has 0 aromatic carbocycles. The normalized spacial score (nSPS) is 24.2. The van der Waals surface area contributed by atoms with Gasteiger partial charge in [-0.1, -0.05) is 12.2 Å². The molecule has 0 saturated carbocycles. The van der Waals surface area contributed by atoms with Gasteiger partial charge < -0.3 is 10.2 Å². The Morgan fingerprint density at radius 1 is 0.833 bits per heavy atom. The zero-order valence-corrected chi connectivity index (χ0v) is 10.1. The van der Waals surface area contributed by atoms with Gasteiger partial charge in [0.1, 0.15) is 0 Å². The molecule has 2 N–H and O–H groups in total. The first-order valence-corrected chi connectivity index (χ1v) is 6.21. The zero-order chi connectivity index (χ0) is 13.1. The first-order chi connectivity index (χ1) is 8.61. The Balaban J connectivity index is 2.50. The number of carboxylic acid groups (broad SMARTS) is 2. The van der Waals surface area contributed by atoms with E-state index in [4.69, 9.17) is 0 Å². The van der Waals surface area contributed by atoms with Crippen molar-refractivity contribution in [3.8, 4) is 0 Å². The molecule has 0 saturated heterocycles. The van der Waals surface area contributed by atoms with Gasteiger partial charge >= 0.3 is 11.9 Å². The van der Waals surface area contributed by atoms with Crippen LogP contribution in [0, 0.1) is 0 Å². The predicted octanol–water partition coefficient (Wildman–Crippen LogP) is 2.67. The van der Waals surface area contributed by atoms with E-state index in [9.17, 15) is 19.8 Å². The van der Waals surface area contributed by atoms with E-state index in [0.29, 0.717) is 24.0 Å². The van der Waals surface area contributed by atoms with Gasteiger partial charge in [0.05, 0.1) is 11.1 Å². The third-order valence-electron chi connectivity index (χ3n) is 3.43. The first kappa shape index (κ1) is 12.6. The lowest BCUT2D eigenvalue weighted by Gasteiger charge is -2.22. The molecule has 0 atom stereocenters. The lowest BCUT2D eigenvalue weighted by molar-refractivity contribution is -0.133. The van der Waals surface area contributed by atoms with Crippen LogP contribution in [0.25, 0.3) is 0 Å². The summed E-state index contributed by atoms with van der Waals surface area (Å²) in [6.07, 6.45) is 8.04. The molecule has 18 heavy (non-hydrogen) atoms. The molecule has 0 amide bonds. The fourth-order valence-corrected chi connectivity index (χ4v) is 2.63. The maximum atomic E-state index is 11.2. The highest BCUT2D eigenvalue weighted by Crippen LogP contribution is 2.35. The molecule has 2 rings (SSSR count). The molecule has 0 aromatic rings. The molecule has 0 aliphatic heterocycles. The number of hydrogen-bond donors (Lipinski definition) is 2. The molecule has 0 spiro atoms. The fraction of sp³-hybridized carbons (Fsp3) is 0.429. The first-order valence-electron chi connectivity index (χ1n) is 6.21. The summed E-state index contributed by atoms with van der Waals surface area (Å²) in [6, 6.07) is 0. The van der Waals surface area contributed by atoms with E-state index in [1.54, 1.807) is 12.2 Å². The van der Waals surface area contributed by atoms with Gasteiger partial charge in [0.25, 0.3) is 0 Å². The summed E-state index contributed by atoms with van der Waals surface area (Å²) in [5.41, 5.74) is 2.04. The number of carboxylic acids is 2. The van der Waals surface area contributed by atoms with Gasteiger partial charge in [0.2, 0.25) is 0 Å². The summed E-state index contributed by atoms with van der Waals surface area (Å²) < 4.78 is 0. The number of rotatable bonds is 2. The minimum atomic E-state index is -0.951. The fourth-order valence-electron chi connectivity index (χ4n) is 2.63. The van der Waals surface area contributed by atoms with E-state index in [1.165, 1.54) is 0 Å². The largest absolute Gasteiger partial charge is 0.478 e. The summed E-state index contributed by atoms with van der Waals surface area (Å²) >= 11 is 0. The maximum absolute atomic E-state index is 11.2. The van der Waals surface area contributed by atoms with Crippen molar-refractivity contribution in [3.63, 3.8) is 0 Å². The van der Waals surface area contributed by atoms with Gasteiger partial charge in [0.15, 0.2) is 0 Å². The predicted molar refractivity (Wildman–Crippen MR) is 66.2 cm³/mol. The lowest BCUT2D eigenvalue weighted by Crippen LogP contribution is -2.15. The van der Waals surface area contributed by atoms with Crippen LogP contribution in [-0.4, -0.2) is 22.2 Å². The minimum absolute atomic E-state index is 0.297. The van der Waals surface area contributed by atoms with Crippen LogP contribution in [0.15, 0.2) is 34.4 Å². The monoisotopic (exact) mass is 248 g/mol. The van der Waals surface area contributed by atoms with Gasteiger partial charge in [-0.15, -0.1) is 0 Å². The molecule has 0 radical (unpaired) electrons. The van der Waals surface area contributed by atoms with Crippen LogP contribution in [0.5, 0.6) is 0 Å². The standard InChI is InChI=1S/C14H16O4/c15-13(16)11-7-3-1-5-9(11)10-6-2-4-8-12(10)14(17)18/h7-8H,1-6H2,(H,15,16)(H,17,18). The average molecular weight is 248 g/mol. The van der Waals surface area contributed by atoms with Crippen molar-refractivity contribution in [2.24, 2.45) is 0 Å². The maximum Gasteiger partial charge on any atom is 0.335 e. The van der Waals surface area contributed by atoms with E-state index in [2.05, 4.69) is 0 Å². The van der Waals surface area contributed by atoms with Gasteiger partial charge in [0, 0.05) is 0 Å². The van der Waals surface area contributed by atoms with Crippen LogP contribution >= 0.6 is 0 Å². The second-order valence-corrected chi connectivity index (χ2v) is 4.59. The van der Waals surface area contributed by atoms with Crippen LogP contribution < -0.4 is 0 Å². The van der Waals surface area contributed by atoms with Crippen molar-refractivity contribution >= 4 is 11.9 Å². The Bertz CT molecular complexity index is 436. The SMILES string of the molecule is O=C(O)C1=CCCCC1=C1CCCC=C1C(=O)O. The Hall–Kier alpha value is -1.84. The highest BCUT2D eigenvalue weighted by atomic mass is 16.4. The van der Waals surface area contributed by atoms with Crippen LogP contribution in [-0.2, 0) is 9.59 Å². The zero-order valence-electron chi connectivity index (χ0n) is 10.1. The van der Waals surface area contributed by atoms with Crippen molar-refractivity contribution in [1.29, 1.82) is 0 Å². The molecule has 2 aliphatic carbocycles. The minimum Gasteiger partial charge on any atom is -0.478 e. The van der Waals surface area contributed by atoms with Gasteiger partial charge in [-0.05, 0) is 49.7 Å². The molecule has 4 nitrogen and oxygen atoms in total. The number of allylic oxidation sites excluding steroid dienone is 2. The van der Waals surface area contributed by atoms with Gasteiger partial charge in [-0.25, -0.2) is 9.59 Å². The molecule has 0 bridgehead atoms. The van der Waals surface area contributed by atoms with Crippen molar-refractivity contribution in [3.05, 3.63) is 34.4 Å². The molecular weight excluding hydrogens is 232 g/mol. The quantitative estimate of drug-likeness (QED) is 0.787. The van der Waals surface area contributed by atoms with Crippen LogP contribution in [0.3, 0.4) is 0 Å².